The summed E-state index contributed by atoms with van der Waals surface area (Å²) in [6.45, 7) is 2.82. The van der Waals surface area contributed by atoms with E-state index < -0.39 is 0 Å². The molecule has 1 radical (unpaired) electrons. The highest BCUT2D eigenvalue weighted by atomic mass is 35.5. The van der Waals surface area contributed by atoms with Gasteiger partial charge in [0.1, 0.15) is 0 Å². The highest BCUT2D eigenvalue weighted by Gasteiger charge is 2.10. The highest BCUT2D eigenvalue weighted by molar-refractivity contribution is 6.30. The van der Waals surface area contributed by atoms with E-state index in [-0.39, 0.29) is 0 Å². The van der Waals surface area contributed by atoms with Crippen molar-refractivity contribution in [3.05, 3.63) is 46.6 Å². The van der Waals surface area contributed by atoms with E-state index in [1.165, 1.54) is 0 Å². The van der Waals surface area contributed by atoms with E-state index in [9.17, 15) is 0 Å². The number of halogens is 1. The Kier molecular flexibility index (Phi) is 2.69. The number of benzene rings is 1. The molecule has 1 aliphatic heterocycles. The second-order valence-corrected chi connectivity index (χ2v) is 3.90. The van der Waals surface area contributed by atoms with Crippen molar-refractivity contribution in [1.82, 2.24) is 5.32 Å². The molecule has 2 rings (SSSR count). The number of nitrogens with one attached hydrogen (secondary N) is 1. The first-order valence-corrected chi connectivity index (χ1v) is 5.14. The van der Waals surface area contributed by atoms with Crippen LogP contribution in [-0.2, 0) is 0 Å². The molecule has 0 atom stereocenters. The van der Waals surface area contributed by atoms with Crippen LogP contribution in [0.5, 0.6) is 0 Å². The maximum absolute atomic E-state index is 5.95. The van der Waals surface area contributed by atoms with Gasteiger partial charge >= 0.3 is 0 Å². The minimum Gasteiger partial charge on any atom is -0.398 e. The lowest BCUT2D eigenvalue weighted by Crippen LogP contribution is -2.16. The Morgan fingerprint density at radius 3 is 3.00 bits per heavy atom. The fraction of sp³-hybridized carbons (Fsp3) is 0.167. The zero-order valence-corrected chi connectivity index (χ0v) is 9.23. The van der Waals surface area contributed by atoms with E-state index in [1.54, 1.807) is 6.07 Å². The van der Waals surface area contributed by atoms with Gasteiger partial charge in [0.2, 0.25) is 0 Å². The zero-order valence-electron chi connectivity index (χ0n) is 8.47. The molecular weight excluding hydrogens is 208 g/mol. The number of anilines is 1. The van der Waals surface area contributed by atoms with Crippen molar-refractivity contribution >= 4 is 22.9 Å². The van der Waals surface area contributed by atoms with E-state index in [0.29, 0.717) is 5.02 Å². The molecule has 2 nitrogen and oxygen atoms in total. The Bertz CT molecular complexity index is 447. The van der Waals surface area contributed by atoms with Crippen molar-refractivity contribution < 1.29 is 0 Å². The second kappa shape index (κ2) is 3.99. The molecule has 1 heterocycles. The Morgan fingerprint density at radius 1 is 1.47 bits per heavy atom. The molecule has 0 saturated carbocycles. The third-order valence-electron chi connectivity index (χ3n) is 2.38. The van der Waals surface area contributed by atoms with Gasteiger partial charge in [-0.15, -0.1) is 0 Å². The van der Waals surface area contributed by atoms with Crippen LogP contribution in [0.1, 0.15) is 12.5 Å². The summed E-state index contributed by atoms with van der Waals surface area (Å²) < 4.78 is 0. The minimum absolute atomic E-state index is 0.687. The lowest BCUT2D eigenvalue weighted by molar-refractivity contribution is 0.893. The lowest BCUT2D eigenvalue weighted by atomic mass is 10.00. The van der Waals surface area contributed by atoms with Crippen LogP contribution in [0.15, 0.2) is 30.0 Å². The molecule has 1 aromatic carbocycles. The summed E-state index contributed by atoms with van der Waals surface area (Å²) in [4.78, 5) is 0. The second-order valence-electron chi connectivity index (χ2n) is 3.46. The largest absolute Gasteiger partial charge is 0.398 e. The van der Waals surface area contributed by atoms with Gasteiger partial charge in [-0.3, -0.25) is 0 Å². The van der Waals surface area contributed by atoms with Crippen LogP contribution in [0.2, 0.25) is 5.02 Å². The molecule has 15 heavy (non-hydrogen) atoms. The number of dihydropyridines is 1. The molecule has 0 spiro atoms. The van der Waals surface area contributed by atoms with Crippen molar-refractivity contribution in [3.8, 4) is 0 Å². The molecule has 0 fully saturated rings. The summed E-state index contributed by atoms with van der Waals surface area (Å²) in [6.07, 6.45) is 5.15. The molecule has 3 heteroatoms. The summed E-state index contributed by atoms with van der Waals surface area (Å²) >= 11 is 5.95. The van der Waals surface area contributed by atoms with Crippen molar-refractivity contribution in [2.45, 2.75) is 6.92 Å². The summed E-state index contributed by atoms with van der Waals surface area (Å²) in [6, 6.07) is 5.47. The van der Waals surface area contributed by atoms with Crippen LogP contribution in [-0.4, -0.2) is 6.54 Å². The predicted octanol–water partition coefficient (Wildman–Crippen LogP) is 2.62. The molecule has 0 aliphatic carbocycles. The molecule has 0 amide bonds. The number of nitrogen functional groups attached to an aromatic ring is 1. The van der Waals surface area contributed by atoms with Crippen molar-refractivity contribution in [1.29, 1.82) is 0 Å². The number of hydrogen-bond donors (Lipinski definition) is 2. The summed E-state index contributed by atoms with van der Waals surface area (Å²) in [5, 5.41) is 3.93. The van der Waals surface area contributed by atoms with Gasteiger partial charge < -0.3 is 11.1 Å². The SMILES string of the molecule is CC1=C(c2cc(Cl)ccc2N)[C]=CCN1. The molecule has 77 valence electrons. The van der Waals surface area contributed by atoms with Gasteiger partial charge in [0.15, 0.2) is 0 Å². The van der Waals surface area contributed by atoms with E-state index in [0.717, 1.165) is 29.1 Å². The first-order valence-electron chi connectivity index (χ1n) is 4.77. The Hall–Kier alpha value is -1.41. The summed E-state index contributed by atoms with van der Waals surface area (Å²) in [5.41, 5.74) is 9.63. The summed E-state index contributed by atoms with van der Waals surface area (Å²) in [7, 11) is 0. The predicted molar refractivity (Wildman–Crippen MR) is 64.3 cm³/mol. The van der Waals surface area contributed by atoms with Gasteiger partial charge in [-0.25, -0.2) is 0 Å². The number of nitrogens with two attached hydrogens (primary N) is 1. The normalized spacial score (nSPS) is 15.3. The maximum Gasteiger partial charge on any atom is 0.0413 e. The van der Waals surface area contributed by atoms with Crippen LogP contribution < -0.4 is 11.1 Å². The van der Waals surface area contributed by atoms with Gasteiger partial charge in [-0.1, -0.05) is 17.7 Å². The van der Waals surface area contributed by atoms with Gasteiger partial charge in [0, 0.05) is 34.1 Å². The van der Waals surface area contributed by atoms with Gasteiger partial charge in [0.25, 0.3) is 0 Å². The van der Waals surface area contributed by atoms with Crippen molar-refractivity contribution in [3.63, 3.8) is 0 Å². The molecule has 1 aliphatic rings. The topological polar surface area (TPSA) is 38.0 Å². The molecule has 0 aromatic heterocycles. The third kappa shape index (κ3) is 2.00. The molecule has 0 saturated heterocycles. The standard InChI is InChI=1S/C12H12ClN2/c1-8-10(3-2-6-15-8)11-7-9(13)4-5-12(11)14/h2,4-5,7,15H,6,14H2,1H3. The quantitative estimate of drug-likeness (QED) is 0.713. The number of rotatable bonds is 1. The maximum atomic E-state index is 5.95. The van der Waals surface area contributed by atoms with Crippen LogP contribution in [0.25, 0.3) is 5.57 Å². The fourth-order valence-corrected chi connectivity index (χ4v) is 1.75. The smallest absolute Gasteiger partial charge is 0.0413 e. The Morgan fingerprint density at radius 2 is 2.27 bits per heavy atom. The lowest BCUT2D eigenvalue weighted by Gasteiger charge is -2.16. The Labute approximate surface area is 94.4 Å². The van der Waals surface area contributed by atoms with Crippen molar-refractivity contribution in [2.75, 3.05) is 12.3 Å². The van der Waals surface area contributed by atoms with Crippen LogP contribution in [0.3, 0.4) is 0 Å². The molecule has 3 N–H and O–H groups in total. The van der Waals surface area contributed by atoms with E-state index in [1.807, 2.05) is 25.1 Å². The van der Waals surface area contributed by atoms with Crippen LogP contribution in [0.4, 0.5) is 5.69 Å². The first kappa shape index (κ1) is 10.1. The zero-order chi connectivity index (χ0) is 10.8. The molecular formula is C12H12ClN2. The Balaban J connectivity index is 2.53. The minimum atomic E-state index is 0.687. The fourth-order valence-electron chi connectivity index (χ4n) is 1.58. The van der Waals surface area contributed by atoms with Crippen molar-refractivity contribution in [2.24, 2.45) is 0 Å². The molecule has 0 bridgehead atoms. The van der Waals surface area contributed by atoms with Crippen LogP contribution >= 0.6 is 11.6 Å². The van der Waals surface area contributed by atoms with Gasteiger partial charge in [-0.05, 0) is 31.2 Å². The van der Waals surface area contributed by atoms with E-state index >= 15 is 0 Å². The molecule has 0 unspecified atom stereocenters. The summed E-state index contributed by atoms with van der Waals surface area (Å²) in [5.74, 6) is 0. The monoisotopic (exact) mass is 219 g/mol. The first-order chi connectivity index (χ1) is 7.18. The third-order valence-corrected chi connectivity index (χ3v) is 2.61. The highest BCUT2D eigenvalue weighted by Crippen LogP contribution is 2.28. The molecule has 1 aromatic rings. The number of allylic oxidation sites excluding steroid dienone is 3. The van der Waals surface area contributed by atoms with E-state index in [2.05, 4.69) is 11.4 Å². The number of hydrogen-bond acceptors (Lipinski definition) is 2. The van der Waals surface area contributed by atoms with Gasteiger partial charge in [0.05, 0.1) is 0 Å². The average molecular weight is 220 g/mol. The average Bonchev–Trinajstić information content (AvgIpc) is 2.23. The van der Waals surface area contributed by atoms with E-state index in [4.69, 9.17) is 17.3 Å². The van der Waals surface area contributed by atoms with Gasteiger partial charge in [-0.2, -0.15) is 0 Å². The van der Waals surface area contributed by atoms with Crippen LogP contribution in [0, 0.1) is 6.08 Å².